The number of ketones is 1. The molecule has 0 amide bonds. The molecule has 0 saturated carbocycles. The third-order valence-electron chi connectivity index (χ3n) is 4.14. The Bertz CT molecular complexity index is 949. The number of hydrogen-bond acceptors (Lipinski definition) is 3. The topological polar surface area (TPSA) is 35.5 Å². The number of rotatable bonds is 6. The number of carbonyl (C=O) groups is 1. The summed E-state index contributed by atoms with van der Waals surface area (Å²) in [4.78, 5) is 12.6. The van der Waals surface area contributed by atoms with E-state index in [2.05, 4.69) is 0 Å². The Hall–Kier alpha value is -3.28. The molecule has 3 aromatic carbocycles. The van der Waals surface area contributed by atoms with E-state index in [1.807, 2.05) is 30.3 Å². The van der Waals surface area contributed by atoms with E-state index in [4.69, 9.17) is 9.47 Å². The minimum atomic E-state index is -4.44. The van der Waals surface area contributed by atoms with Crippen molar-refractivity contribution >= 4 is 5.78 Å². The minimum absolute atomic E-state index is 0.160. The van der Waals surface area contributed by atoms with Crippen LogP contribution < -0.4 is 9.47 Å². The number of ether oxygens (including phenoxy) is 2. The molecule has 0 aliphatic rings. The first-order chi connectivity index (χ1) is 13.4. The largest absolute Gasteiger partial charge is 0.493 e. The molecule has 0 heterocycles. The monoisotopic (exact) mass is 386 g/mol. The fourth-order valence-electron chi connectivity index (χ4n) is 2.64. The van der Waals surface area contributed by atoms with Gasteiger partial charge in [-0.3, -0.25) is 4.79 Å². The molecule has 0 unspecified atom stereocenters. The average Bonchev–Trinajstić information content (AvgIpc) is 2.72. The number of halogens is 3. The van der Waals surface area contributed by atoms with Crippen molar-refractivity contribution in [1.82, 2.24) is 0 Å². The Morgan fingerprint density at radius 3 is 2.11 bits per heavy atom. The number of alkyl halides is 3. The highest BCUT2D eigenvalue weighted by Crippen LogP contribution is 2.31. The molecule has 0 saturated heterocycles. The molecule has 0 atom stereocenters. The van der Waals surface area contributed by atoms with Gasteiger partial charge in [0.25, 0.3) is 0 Å². The van der Waals surface area contributed by atoms with Crippen molar-refractivity contribution in [1.29, 1.82) is 0 Å². The van der Waals surface area contributed by atoms with Crippen LogP contribution in [0, 0.1) is 0 Å². The summed E-state index contributed by atoms with van der Waals surface area (Å²) in [5, 5.41) is 0. The molecule has 0 aliphatic heterocycles. The summed E-state index contributed by atoms with van der Waals surface area (Å²) in [7, 11) is 1.46. The zero-order chi connectivity index (χ0) is 20.1. The Balaban J connectivity index is 1.78. The lowest BCUT2D eigenvalue weighted by Crippen LogP contribution is -2.07. The average molecular weight is 386 g/mol. The Labute approximate surface area is 160 Å². The van der Waals surface area contributed by atoms with Gasteiger partial charge in [-0.2, -0.15) is 13.2 Å². The quantitative estimate of drug-likeness (QED) is 0.523. The molecule has 3 rings (SSSR count). The summed E-state index contributed by atoms with van der Waals surface area (Å²) >= 11 is 0. The van der Waals surface area contributed by atoms with E-state index in [1.165, 1.54) is 13.2 Å². The fraction of sp³-hybridized carbons (Fsp3) is 0.136. The van der Waals surface area contributed by atoms with E-state index in [-0.39, 0.29) is 5.56 Å². The number of benzene rings is 3. The van der Waals surface area contributed by atoms with Crippen LogP contribution in [0.3, 0.4) is 0 Å². The predicted octanol–water partition coefficient (Wildman–Crippen LogP) is 5.52. The third kappa shape index (κ3) is 4.52. The van der Waals surface area contributed by atoms with Crippen LogP contribution in [0.4, 0.5) is 13.2 Å². The molecule has 0 N–H and O–H groups in total. The van der Waals surface area contributed by atoms with Crippen LogP contribution in [0.25, 0.3) is 0 Å². The van der Waals surface area contributed by atoms with Gasteiger partial charge in [-0.05, 0) is 35.9 Å². The van der Waals surface area contributed by atoms with Crippen molar-refractivity contribution in [3.63, 3.8) is 0 Å². The predicted molar refractivity (Wildman–Crippen MR) is 98.6 cm³/mol. The maximum Gasteiger partial charge on any atom is 0.416 e. The Kier molecular flexibility index (Phi) is 5.68. The molecule has 0 fully saturated rings. The summed E-state index contributed by atoms with van der Waals surface area (Å²) in [6, 6.07) is 18.4. The van der Waals surface area contributed by atoms with Crippen molar-refractivity contribution in [2.45, 2.75) is 12.8 Å². The highest BCUT2D eigenvalue weighted by atomic mass is 19.4. The molecule has 6 heteroatoms. The van der Waals surface area contributed by atoms with Crippen molar-refractivity contribution < 1.29 is 27.4 Å². The van der Waals surface area contributed by atoms with E-state index in [0.717, 1.165) is 29.8 Å². The first-order valence-electron chi connectivity index (χ1n) is 8.45. The summed E-state index contributed by atoms with van der Waals surface area (Å²) in [6.07, 6.45) is -4.44. The van der Waals surface area contributed by atoms with E-state index < -0.39 is 17.5 Å². The molecule has 3 nitrogen and oxygen atoms in total. The zero-order valence-corrected chi connectivity index (χ0v) is 15.0. The van der Waals surface area contributed by atoms with Gasteiger partial charge in [0.1, 0.15) is 6.61 Å². The van der Waals surface area contributed by atoms with Crippen LogP contribution in [0.2, 0.25) is 0 Å². The summed E-state index contributed by atoms with van der Waals surface area (Å²) in [5.41, 5.74) is 0.637. The van der Waals surface area contributed by atoms with E-state index in [9.17, 15) is 18.0 Å². The van der Waals surface area contributed by atoms with Gasteiger partial charge in [-0.25, -0.2) is 0 Å². The molecule has 28 heavy (non-hydrogen) atoms. The van der Waals surface area contributed by atoms with E-state index in [0.29, 0.717) is 23.7 Å². The van der Waals surface area contributed by atoms with Gasteiger partial charge < -0.3 is 9.47 Å². The number of methoxy groups -OCH3 is 1. The van der Waals surface area contributed by atoms with Crippen molar-refractivity contribution in [2.75, 3.05) is 7.11 Å². The summed E-state index contributed by atoms with van der Waals surface area (Å²) in [5.74, 6) is 0.436. The van der Waals surface area contributed by atoms with Gasteiger partial charge in [0, 0.05) is 11.1 Å². The first kappa shape index (κ1) is 19.5. The number of carbonyl (C=O) groups excluding carboxylic acids is 1. The van der Waals surface area contributed by atoms with Crippen LogP contribution in [-0.4, -0.2) is 12.9 Å². The molecule has 0 aromatic heterocycles. The van der Waals surface area contributed by atoms with Crippen LogP contribution >= 0.6 is 0 Å². The fourth-order valence-corrected chi connectivity index (χ4v) is 2.64. The van der Waals surface area contributed by atoms with Gasteiger partial charge in [-0.15, -0.1) is 0 Å². The first-order valence-corrected chi connectivity index (χ1v) is 8.45. The zero-order valence-electron chi connectivity index (χ0n) is 15.0. The molecule has 144 valence electrons. The Morgan fingerprint density at radius 1 is 0.857 bits per heavy atom. The van der Waals surface area contributed by atoms with Gasteiger partial charge in [-0.1, -0.05) is 42.5 Å². The molecular weight excluding hydrogens is 369 g/mol. The maximum absolute atomic E-state index is 12.7. The Morgan fingerprint density at radius 2 is 1.50 bits per heavy atom. The van der Waals surface area contributed by atoms with Gasteiger partial charge in [0.15, 0.2) is 17.3 Å². The minimum Gasteiger partial charge on any atom is -0.493 e. The summed E-state index contributed by atoms with van der Waals surface area (Å²) in [6.45, 7) is 0.337. The molecule has 0 radical (unpaired) electrons. The highest BCUT2D eigenvalue weighted by Gasteiger charge is 2.30. The smallest absolute Gasteiger partial charge is 0.416 e. The van der Waals surface area contributed by atoms with Crippen LogP contribution in [0.15, 0.2) is 72.8 Å². The van der Waals surface area contributed by atoms with Crippen molar-refractivity contribution in [3.8, 4) is 11.5 Å². The lowest BCUT2D eigenvalue weighted by Gasteiger charge is -2.12. The van der Waals surface area contributed by atoms with Crippen LogP contribution in [-0.2, 0) is 12.8 Å². The van der Waals surface area contributed by atoms with Crippen LogP contribution in [0.1, 0.15) is 27.0 Å². The van der Waals surface area contributed by atoms with Crippen LogP contribution in [0.5, 0.6) is 11.5 Å². The molecular formula is C22H17F3O3. The van der Waals surface area contributed by atoms with E-state index >= 15 is 0 Å². The second-order valence-corrected chi connectivity index (χ2v) is 6.04. The van der Waals surface area contributed by atoms with Gasteiger partial charge in [0.05, 0.1) is 12.7 Å². The van der Waals surface area contributed by atoms with Gasteiger partial charge >= 0.3 is 6.18 Å². The third-order valence-corrected chi connectivity index (χ3v) is 4.14. The SMILES string of the molecule is COc1cc(C(=O)c2ccc(C(F)(F)F)cc2)ccc1OCc1ccccc1. The normalized spacial score (nSPS) is 11.1. The maximum atomic E-state index is 12.7. The molecule has 0 spiro atoms. The van der Waals surface area contributed by atoms with Crippen molar-refractivity contribution in [2.24, 2.45) is 0 Å². The lowest BCUT2D eigenvalue weighted by molar-refractivity contribution is -0.137. The van der Waals surface area contributed by atoms with E-state index in [1.54, 1.807) is 12.1 Å². The van der Waals surface area contributed by atoms with Gasteiger partial charge in [0.2, 0.25) is 0 Å². The second kappa shape index (κ2) is 8.17. The number of hydrogen-bond donors (Lipinski definition) is 0. The standard InChI is InChI=1S/C22H17F3O3/c1-27-20-13-17(9-12-19(20)28-14-15-5-3-2-4-6-15)21(26)16-7-10-18(11-8-16)22(23,24)25/h2-13H,14H2,1H3. The summed E-state index contributed by atoms with van der Waals surface area (Å²) < 4.78 is 49.0. The van der Waals surface area contributed by atoms with Crippen molar-refractivity contribution in [3.05, 3.63) is 95.1 Å². The molecule has 3 aromatic rings. The second-order valence-electron chi connectivity index (χ2n) is 6.04. The molecule has 0 bridgehead atoms. The lowest BCUT2D eigenvalue weighted by atomic mass is 10.0. The molecule has 0 aliphatic carbocycles. The highest BCUT2D eigenvalue weighted by molar-refractivity contribution is 6.09.